The van der Waals surface area contributed by atoms with Crippen LogP contribution in [0.25, 0.3) is 10.8 Å². The van der Waals surface area contributed by atoms with Crippen molar-refractivity contribution in [3.8, 4) is 0 Å². The highest BCUT2D eigenvalue weighted by molar-refractivity contribution is 7.66. The minimum Gasteiger partial charge on any atom is -0.390 e. The van der Waals surface area contributed by atoms with Crippen LogP contribution in [-0.2, 0) is 42.7 Å². The average molecular weight is 608 g/mol. The van der Waals surface area contributed by atoms with E-state index < -0.39 is 66.4 Å². The first-order valence-electron chi connectivity index (χ1n) is 11.0. The Morgan fingerprint density at radius 1 is 0.923 bits per heavy atom. The number of nitrogens with zero attached hydrogens (tertiary/aromatic N) is 1. The van der Waals surface area contributed by atoms with E-state index in [9.17, 15) is 43.1 Å². The molecule has 6 atom stereocenters. The van der Waals surface area contributed by atoms with Gasteiger partial charge >= 0.3 is 29.2 Å². The smallest absolute Gasteiger partial charge is 0.390 e. The Morgan fingerprint density at radius 3 is 2.28 bits per heavy atom. The summed E-state index contributed by atoms with van der Waals surface area (Å²) in [6, 6.07) is 13.3. The minimum atomic E-state index is -5.70. The van der Waals surface area contributed by atoms with Gasteiger partial charge in [-0.1, -0.05) is 36.4 Å². The van der Waals surface area contributed by atoms with Crippen molar-refractivity contribution >= 4 is 34.2 Å². The van der Waals surface area contributed by atoms with E-state index in [4.69, 9.17) is 9.26 Å². The van der Waals surface area contributed by atoms with Gasteiger partial charge in [0.2, 0.25) is 0 Å². The van der Waals surface area contributed by atoms with Gasteiger partial charge in [-0.2, -0.15) is 8.62 Å². The molecule has 1 aliphatic rings. The number of H-pyrrole nitrogens is 1. The molecule has 2 heterocycles. The lowest BCUT2D eigenvalue weighted by atomic mass is 10.1. The predicted octanol–water partition coefficient (Wildman–Crippen LogP) is 1.91. The van der Waals surface area contributed by atoms with Crippen LogP contribution in [0.5, 0.6) is 0 Å². The zero-order chi connectivity index (χ0) is 28.4. The molecule has 0 saturated carbocycles. The van der Waals surface area contributed by atoms with Gasteiger partial charge in [-0.15, -0.1) is 0 Å². The van der Waals surface area contributed by atoms with Crippen LogP contribution in [0.15, 0.2) is 64.3 Å². The first-order valence-corrected chi connectivity index (χ1v) is 15.5. The number of hydrogen-bond acceptors (Lipinski definition) is 11. The number of aliphatic hydroxyl groups excluding tert-OH is 1. The Balaban J connectivity index is 1.30. The highest BCUT2D eigenvalue weighted by atomic mass is 31.3. The number of nitrogens with one attached hydrogen (secondary N) is 1. The number of aliphatic hydroxyl groups is 1. The monoisotopic (exact) mass is 608 g/mol. The van der Waals surface area contributed by atoms with E-state index in [1.165, 1.54) is 0 Å². The van der Waals surface area contributed by atoms with Crippen molar-refractivity contribution in [2.75, 3.05) is 6.61 Å². The lowest BCUT2D eigenvalue weighted by Gasteiger charge is -2.20. The van der Waals surface area contributed by atoms with E-state index in [1.54, 1.807) is 30.3 Å². The van der Waals surface area contributed by atoms with E-state index in [0.717, 1.165) is 27.6 Å². The zero-order valence-corrected chi connectivity index (χ0v) is 22.4. The van der Waals surface area contributed by atoms with Crippen molar-refractivity contribution in [3.63, 3.8) is 0 Å². The van der Waals surface area contributed by atoms with E-state index in [0.29, 0.717) is 5.56 Å². The predicted molar refractivity (Wildman–Crippen MR) is 132 cm³/mol. The van der Waals surface area contributed by atoms with Gasteiger partial charge in [0.05, 0.1) is 19.3 Å². The molecular formula is C20H23N2O14P3. The molecular weight excluding hydrogens is 585 g/mol. The van der Waals surface area contributed by atoms with Gasteiger partial charge < -0.3 is 24.5 Å². The molecule has 0 amide bonds. The summed E-state index contributed by atoms with van der Waals surface area (Å²) < 4.78 is 60.2. The van der Waals surface area contributed by atoms with Crippen LogP contribution in [0, 0.1) is 0 Å². The van der Waals surface area contributed by atoms with Crippen LogP contribution < -0.4 is 11.2 Å². The molecule has 0 bridgehead atoms. The minimum absolute atomic E-state index is 0.166. The van der Waals surface area contributed by atoms with E-state index in [-0.39, 0.29) is 6.42 Å². The van der Waals surface area contributed by atoms with Gasteiger partial charge in [0, 0.05) is 18.7 Å². The van der Waals surface area contributed by atoms with Crippen LogP contribution in [0.3, 0.4) is 0 Å². The maximum atomic E-state index is 12.2. The summed E-state index contributed by atoms with van der Waals surface area (Å²) >= 11 is 0. The molecule has 1 aromatic heterocycles. The molecule has 16 nitrogen and oxygen atoms in total. The second kappa shape index (κ2) is 11.7. The molecule has 4 rings (SSSR count). The van der Waals surface area contributed by atoms with Gasteiger partial charge in [-0.05, 0) is 22.4 Å². The molecule has 1 fully saturated rings. The number of phosphoric acid groups is 3. The Hall–Kier alpha value is -2.29. The number of phosphoric ester groups is 2. The third-order valence-electron chi connectivity index (χ3n) is 5.39. The molecule has 1 saturated heterocycles. The van der Waals surface area contributed by atoms with Crippen LogP contribution >= 0.6 is 23.5 Å². The lowest BCUT2D eigenvalue weighted by molar-refractivity contribution is -0.0450. The van der Waals surface area contributed by atoms with Gasteiger partial charge in [-0.3, -0.25) is 23.4 Å². The number of ether oxygens (including phenoxy) is 1. The van der Waals surface area contributed by atoms with Gasteiger partial charge in [0.25, 0.3) is 5.56 Å². The van der Waals surface area contributed by atoms with Crippen molar-refractivity contribution in [1.82, 2.24) is 9.55 Å². The Morgan fingerprint density at radius 2 is 1.59 bits per heavy atom. The van der Waals surface area contributed by atoms with Crippen LogP contribution in [-0.4, -0.2) is 48.2 Å². The van der Waals surface area contributed by atoms with Crippen molar-refractivity contribution in [2.45, 2.75) is 31.5 Å². The quantitative estimate of drug-likeness (QED) is 0.196. The first-order chi connectivity index (χ1) is 18.2. The largest absolute Gasteiger partial charge is 0.490 e. The van der Waals surface area contributed by atoms with Crippen molar-refractivity contribution < 1.29 is 55.9 Å². The maximum Gasteiger partial charge on any atom is 0.490 e. The molecule has 6 unspecified atom stereocenters. The van der Waals surface area contributed by atoms with Crippen molar-refractivity contribution in [2.24, 2.45) is 0 Å². The number of hydrogen-bond donors (Lipinski definition) is 5. The molecule has 3 aromatic rings. The lowest BCUT2D eigenvalue weighted by Crippen LogP contribution is -2.31. The fraction of sp³-hybridized carbons (Fsp3) is 0.300. The van der Waals surface area contributed by atoms with Crippen molar-refractivity contribution in [3.05, 3.63) is 81.1 Å². The maximum absolute atomic E-state index is 12.2. The molecule has 0 radical (unpaired) electrons. The topological polar surface area (TPSA) is 233 Å². The number of benzene rings is 2. The summed E-state index contributed by atoms with van der Waals surface area (Å²) in [5.41, 5.74) is -1.06. The second-order valence-corrected chi connectivity index (χ2v) is 12.9. The number of aromatic nitrogens is 2. The Kier molecular flexibility index (Phi) is 8.89. The molecule has 5 N–H and O–H groups in total. The molecule has 212 valence electrons. The molecule has 39 heavy (non-hydrogen) atoms. The Labute approximate surface area is 219 Å². The highest BCUT2D eigenvalue weighted by Gasteiger charge is 2.44. The van der Waals surface area contributed by atoms with Crippen LogP contribution in [0.1, 0.15) is 18.2 Å². The van der Waals surface area contributed by atoms with Crippen molar-refractivity contribution in [1.29, 1.82) is 0 Å². The molecule has 0 spiro atoms. The van der Waals surface area contributed by atoms with Gasteiger partial charge in [-0.25, -0.2) is 18.5 Å². The Bertz CT molecular complexity index is 1610. The van der Waals surface area contributed by atoms with Crippen LogP contribution in [0.4, 0.5) is 0 Å². The fourth-order valence-electron chi connectivity index (χ4n) is 3.67. The molecule has 2 aromatic carbocycles. The third kappa shape index (κ3) is 8.12. The molecule has 0 aliphatic carbocycles. The second-order valence-electron chi connectivity index (χ2n) is 8.27. The standard InChI is InChI=1S/C20H23N2O14P3/c23-16-10-19(22-8-7-18(24)21-20(22)25)34-17(16)12-33-38(28,29)36-39(30,31)35-37(26,27)32-11-13-5-6-14-3-1-2-4-15(14)9-13/h1-9,16-17,19,23H,10-12H2,(H,26,27)(H,28,29)(H,30,31)(H,21,24,25). The summed E-state index contributed by atoms with van der Waals surface area (Å²) in [7, 11) is -16.4. The van der Waals surface area contributed by atoms with E-state index >= 15 is 0 Å². The number of aromatic amines is 1. The average Bonchev–Trinajstić information content (AvgIpc) is 3.20. The SMILES string of the molecule is O=c1ccn(C2CC(O)C(COP(=O)(O)OP(=O)(O)OP(=O)(O)OCc3ccc4ccccc4c3)O2)c(=O)[nH]1. The summed E-state index contributed by atoms with van der Waals surface area (Å²) in [5.74, 6) is 0. The summed E-state index contributed by atoms with van der Waals surface area (Å²) in [5, 5.41) is 11.8. The normalized spacial score (nSPS) is 24.2. The van der Waals surface area contributed by atoms with Gasteiger partial charge in [0.1, 0.15) is 12.3 Å². The number of fused-ring (bicyclic) bond motifs is 1. The number of rotatable bonds is 11. The fourth-order valence-corrected chi connectivity index (χ4v) is 7.16. The summed E-state index contributed by atoms with van der Waals surface area (Å²) in [6.45, 7) is -1.37. The third-order valence-corrected chi connectivity index (χ3v) is 9.62. The molecule has 1 aliphatic heterocycles. The highest BCUT2D eigenvalue weighted by Crippen LogP contribution is 2.67. The first kappa shape index (κ1) is 29.7. The summed E-state index contributed by atoms with van der Waals surface area (Å²) in [4.78, 5) is 54.5. The van der Waals surface area contributed by atoms with Crippen LogP contribution in [0.2, 0.25) is 0 Å². The molecule has 19 heteroatoms. The van der Waals surface area contributed by atoms with Gasteiger partial charge in [0.15, 0.2) is 0 Å². The zero-order valence-electron chi connectivity index (χ0n) is 19.7. The van der Waals surface area contributed by atoms with E-state index in [1.807, 2.05) is 17.1 Å². The summed E-state index contributed by atoms with van der Waals surface area (Å²) in [6.07, 6.45) is -2.72. The van der Waals surface area contributed by atoms with E-state index in [2.05, 4.69) is 13.1 Å².